The number of aliphatic hydroxyl groups excluding tert-OH is 8. The van der Waals surface area contributed by atoms with Crippen LogP contribution in [0.2, 0.25) is 0 Å². The first kappa shape index (κ1) is 51.9. The number of benzene rings is 1. The fourth-order valence-electron chi connectivity index (χ4n) is 5.41. The van der Waals surface area contributed by atoms with E-state index in [0.29, 0.717) is 3.58 Å². The number of halogens is 6. The Labute approximate surface area is 412 Å². The summed E-state index contributed by atoms with van der Waals surface area (Å²) in [6, 6.07) is 0. The van der Waals surface area contributed by atoms with Gasteiger partial charge in [0.25, 0.3) is 35.4 Å². The minimum Gasteiger partial charge on any atom is -0.394 e. The fourth-order valence-corrected chi connectivity index (χ4v) is 14.8. The smallest absolute Gasteiger partial charge is 0.256 e. The van der Waals surface area contributed by atoms with Crippen molar-refractivity contribution in [1.29, 1.82) is 0 Å². The Morgan fingerprint density at radius 2 is 1.17 bits per heavy atom. The van der Waals surface area contributed by atoms with Gasteiger partial charge in [-0.1, -0.05) is 22.6 Å². The molecule has 1 aromatic rings. The van der Waals surface area contributed by atoms with Crippen LogP contribution in [0.15, 0.2) is 18.8 Å². The van der Waals surface area contributed by atoms with Gasteiger partial charge in [-0.15, -0.1) is 0 Å². The summed E-state index contributed by atoms with van der Waals surface area (Å²) in [4.78, 5) is 84.4. The molecule has 1 heterocycles. The van der Waals surface area contributed by atoms with Gasteiger partial charge in [-0.25, -0.2) is 0 Å². The number of anilines is 1. The summed E-state index contributed by atoms with van der Waals surface area (Å²) >= 11 is 11.0. The molecule has 6 unspecified atom stereocenters. The molecule has 1 fully saturated rings. The maximum atomic E-state index is 14.3. The summed E-state index contributed by atoms with van der Waals surface area (Å²) in [5.74, 6) is -4.87. The van der Waals surface area contributed by atoms with Gasteiger partial charge in [0.1, 0.15) is 0 Å². The van der Waals surface area contributed by atoms with Crippen molar-refractivity contribution in [3.63, 3.8) is 0 Å². The number of alkyl halides is 1. The molecule has 12 N–H and O–H groups in total. The van der Waals surface area contributed by atoms with Crippen molar-refractivity contribution in [2.45, 2.75) is 33.9 Å². The summed E-state index contributed by atoms with van der Waals surface area (Å²) in [5.41, 5.74) is -1.98. The first-order valence-electron chi connectivity index (χ1n) is 16.8. The molecule has 1 aromatic carbocycles. The molecule has 322 valence electrons. The van der Waals surface area contributed by atoms with Gasteiger partial charge in [-0.05, 0) is 119 Å². The normalized spacial score (nSPS) is 20.4. The average molecular weight is 1490 g/mol. The van der Waals surface area contributed by atoms with Crippen molar-refractivity contribution in [2.75, 3.05) is 71.0 Å². The van der Waals surface area contributed by atoms with Crippen LogP contribution in [0.1, 0.15) is 20.7 Å². The van der Waals surface area contributed by atoms with E-state index in [2.05, 4.69) is 21.3 Å². The lowest BCUT2D eigenvalue weighted by atomic mass is 9.84. The van der Waals surface area contributed by atoms with Crippen molar-refractivity contribution in [2.24, 2.45) is 0 Å². The average Bonchev–Trinajstić information content (AvgIpc) is 3.20. The number of rotatable bonds is 16. The molecule has 0 spiro atoms. The third-order valence-corrected chi connectivity index (χ3v) is 15.5. The lowest BCUT2D eigenvalue weighted by Gasteiger charge is -2.43. The topological polar surface area (TPSA) is 319 Å². The Kier molecular flexibility index (Phi) is 20.9. The summed E-state index contributed by atoms with van der Waals surface area (Å²) in [5, 5.41) is 86.9. The van der Waals surface area contributed by atoms with Crippen molar-refractivity contribution in [3.8, 4) is 0 Å². The summed E-state index contributed by atoms with van der Waals surface area (Å²) in [6.45, 7) is -4.02. The van der Waals surface area contributed by atoms with Crippen molar-refractivity contribution < 1.29 is 69.6 Å². The second kappa shape index (κ2) is 23.3. The van der Waals surface area contributed by atoms with E-state index in [1.807, 2.05) is 113 Å². The van der Waals surface area contributed by atoms with E-state index in [1.54, 1.807) is 22.6 Å². The zero-order valence-corrected chi connectivity index (χ0v) is 42.7. The zero-order valence-electron chi connectivity index (χ0n) is 29.7. The van der Waals surface area contributed by atoms with Crippen LogP contribution in [0.4, 0.5) is 5.69 Å². The molecule has 0 aromatic heterocycles. The van der Waals surface area contributed by atoms with Gasteiger partial charge in [-0.3, -0.25) is 28.8 Å². The monoisotopic (exact) mass is 1490 g/mol. The standard InChI is InChI=1S/C32H38I6N6O14/c33-14-5-17(34)32(42-27(54)16(52)11-48,31(58)40-7-13(50)9-46)25(38)18(14)29(56)43-1-3-44(4-2-43)30(57)20-21(35)19(28(55)39-6-12(49)8-45)22(36)24(23(20)37)41-26(53)15(51)10-47/h5,12-13,15-16,25,45-52H,1-4,6-11H2,(H,39,55)(H,40,58)(H,41,53)(H,42,54). The number of nitrogens with one attached hydrogen (secondary N) is 4. The second-order valence-electron chi connectivity index (χ2n) is 12.5. The number of carbonyl (C=O) groups is 6. The molecule has 0 radical (unpaired) electrons. The van der Waals surface area contributed by atoms with Gasteiger partial charge >= 0.3 is 0 Å². The Balaban J connectivity index is 1.98. The number of carbonyl (C=O) groups excluding carboxylic acids is 6. The summed E-state index contributed by atoms with van der Waals surface area (Å²) in [6.07, 6.45) is -4.88. The third-order valence-electron chi connectivity index (χ3n) is 8.66. The predicted molar refractivity (Wildman–Crippen MR) is 255 cm³/mol. The van der Waals surface area contributed by atoms with E-state index >= 15 is 0 Å². The SMILES string of the molecule is O=C(NCC(O)CO)c1c(I)c(NC(=O)C(O)CO)c(I)c(C(=O)N2CCN(C(=O)C3=C(I)C=C(I)C(NC(=O)C(O)CO)(C(=O)NCC(O)CO)C3I)CC2)c1I. The van der Waals surface area contributed by atoms with Crippen LogP contribution < -0.4 is 21.3 Å². The van der Waals surface area contributed by atoms with E-state index in [0.717, 1.165) is 0 Å². The molecule has 2 aliphatic rings. The molecule has 20 nitrogen and oxygen atoms in total. The highest BCUT2D eigenvalue weighted by molar-refractivity contribution is 14.1. The van der Waals surface area contributed by atoms with Crippen LogP contribution in [0.3, 0.4) is 0 Å². The molecular formula is C32H38I6N6O14. The number of nitrogens with zero attached hydrogens (tertiary/aromatic N) is 2. The van der Waals surface area contributed by atoms with Gasteiger partial charge < -0.3 is 71.9 Å². The predicted octanol–water partition coefficient (Wildman–Crippen LogP) is -2.34. The Morgan fingerprint density at radius 3 is 1.69 bits per heavy atom. The molecule has 1 saturated heterocycles. The molecular weight excluding hydrogens is 1450 g/mol. The Hall–Kier alpha value is -0.420. The van der Waals surface area contributed by atoms with Crippen LogP contribution in [-0.4, -0.2) is 186 Å². The molecule has 1 aliphatic carbocycles. The van der Waals surface area contributed by atoms with Crippen LogP contribution in [0, 0.1) is 10.7 Å². The van der Waals surface area contributed by atoms with Gasteiger partial charge in [-0.2, -0.15) is 0 Å². The van der Waals surface area contributed by atoms with Crippen LogP contribution in [0.5, 0.6) is 0 Å². The molecule has 6 amide bonds. The molecule has 1 aliphatic heterocycles. The molecule has 6 atom stereocenters. The number of amides is 6. The Morgan fingerprint density at radius 1 is 0.690 bits per heavy atom. The molecule has 58 heavy (non-hydrogen) atoms. The second-order valence-corrected chi connectivity index (χ2v) is 19.4. The molecule has 0 saturated carbocycles. The third kappa shape index (κ3) is 11.8. The van der Waals surface area contributed by atoms with Crippen molar-refractivity contribution in [1.82, 2.24) is 25.8 Å². The van der Waals surface area contributed by atoms with E-state index < -0.39 is 102 Å². The maximum Gasteiger partial charge on any atom is 0.256 e. The first-order chi connectivity index (χ1) is 27.2. The van der Waals surface area contributed by atoms with Crippen LogP contribution in [-0.2, 0) is 19.2 Å². The Bertz CT molecular complexity index is 1850. The lowest BCUT2D eigenvalue weighted by molar-refractivity contribution is -0.138. The molecule has 0 bridgehead atoms. The summed E-state index contributed by atoms with van der Waals surface area (Å²) < 4.78 is 0.0795. The number of piperazine rings is 1. The molecule has 3 rings (SSSR count). The largest absolute Gasteiger partial charge is 0.394 e. The van der Waals surface area contributed by atoms with Gasteiger partial charge in [0.05, 0.1) is 66.5 Å². The van der Waals surface area contributed by atoms with E-state index in [4.69, 9.17) is 0 Å². The minimum atomic E-state index is -2.01. The number of allylic oxidation sites excluding steroid dienone is 2. The van der Waals surface area contributed by atoms with E-state index in [1.165, 1.54) is 15.9 Å². The quantitative estimate of drug-likeness (QED) is 0.0611. The number of aliphatic hydroxyl groups is 8. The highest BCUT2D eigenvalue weighted by Gasteiger charge is 2.54. The van der Waals surface area contributed by atoms with Crippen LogP contribution >= 0.6 is 136 Å². The fraction of sp³-hybridized carbons (Fsp3) is 0.500. The van der Waals surface area contributed by atoms with Gasteiger partial charge in [0, 0.05) is 55.6 Å². The summed E-state index contributed by atoms with van der Waals surface area (Å²) in [7, 11) is 0. The van der Waals surface area contributed by atoms with Gasteiger partial charge in [0.15, 0.2) is 17.7 Å². The highest BCUT2D eigenvalue weighted by atomic mass is 127. The number of hydrogen-bond donors (Lipinski definition) is 12. The minimum absolute atomic E-state index is 0.00235. The molecule has 26 heteroatoms. The van der Waals surface area contributed by atoms with Gasteiger partial charge in [0.2, 0.25) is 0 Å². The first-order valence-corrected chi connectivity index (χ1v) is 23.4. The van der Waals surface area contributed by atoms with Crippen LogP contribution in [0.25, 0.3) is 0 Å². The lowest BCUT2D eigenvalue weighted by Crippen LogP contribution is -2.68. The number of hydrogen-bond acceptors (Lipinski definition) is 14. The zero-order chi connectivity index (χ0) is 43.8. The van der Waals surface area contributed by atoms with Crippen molar-refractivity contribution in [3.05, 3.63) is 40.6 Å². The maximum absolute atomic E-state index is 14.3. The highest BCUT2D eigenvalue weighted by Crippen LogP contribution is 2.44. The van der Waals surface area contributed by atoms with E-state index in [-0.39, 0.29) is 69.4 Å². The van der Waals surface area contributed by atoms with E-state index in [9.17, 15) is 69.6 Å². The van der Waals surface area contributed by atoms with Crippen molar-refractivity contribution >= 4 is 177 Å².